The number of ether oxygens (including phenoxy) is 1. The largest absolute Gasteiger partial charge is 0.457 e. The maximum atomic E-state index is 6.50. The van der Waals surface area contributed by atoms with E-state index in [4.69, 9.17) is 4.74 Å². The number of hydrogen-bond acceptors (Lipinski definition) is 1. The lowest BCUT2D eigenvalue weighted by Gasteiger charge is -2.39. The lowest BCUT2D eigenvalue weighted by molar-refractivity contribution is 0.436. The van der Waals surface area contributed by atoms with Crippen LogP contribution in [0.1, 0.15) is 22.3 Å². The van der Waals surface area contributed by atoms with E-state index >= 15 is 0 Å². The van der Waals surface area contributed by atoms with Crippen molar-refractivity contribution in [2.45, 2.75) is 5.41 Å². The molecule has 0 fully saturated rings. The summed E-state index contributed by atoms with van der Waals surface area (Å²) in [7, 11) is 0. The van der Waals surface area contributed by atoms with Crippen LogP contribution in [0, 0.1) is 0 Å². The second-order valence-corrected chi connectivity index (χ2v) is 10.4. The first-order chi connectivity index (χ1) is 18.9. The van der Waals surface area contributed by atoms with Crippen LogP contribution in [0.3, 0.4) is 0 Å². The van der Waals surface area contributed by atoms with Gasteiger partial charge in [-0.25, -0.2) is 0 Å². The fourth-order valence-corrected chi connectivity index (χ4v) is 7.25. The third kappa shape index (κ3) is 2.33. The summed E-state index contributed by atoms with van der Waals surface area (Å²) in [6, 6.07) is 48.7. The molecule has 9 rings (SSSR count). The van der Waals surface area contributed by atoms with Crippen molar-refractivity contribution in [1.82, 2.24) is 0 Å². The minimum Gasteiger partial charge on any atom is -0.457 e. The quantitative estimate of drug-likeness (QED) is 0.196. The molecular weight excluding hydrogens is 460 g/mol. The van der Waals surface area contributed by atoms with Crippen molar-refractivity contribution in [3.05, 3.63) is 156 Å². The second-order valence-electron chi connectivity index (χ2n) is 10.4. The normalized spacial score (nSPS) is 14.2. The number of fused-ring (bicyclic) bond motifs is 15. The van der Waals surface area contributed by atoms with Gasteiger partial charge in [0.05, 0.1) is 5.41 Å². The molecule has 0 unspecified atom stereocenters. The molecule has 0 bridgehead atoms. The molecule has 0 saturated heterocycles. The maximum Gasteiger partial charge on any atom is 0.132 e. The topological polar surface area (TPSA) is 9.23 Å². The van der Waals surface area contributed by atoms with E-state index in [0.29, 0.717) is 0 Å². The Bertz CT molecular complexity index is 2070. The van der Waals surface area contributed by atoms with Gasteiger partial charge in [-0.05, 0) is 66.7 Å². The molecule has 1 aliphatic heterocycles. The Hall–Kier alpha value is -4.88. The predicted octanol–water partition coefficient (Wildman–Crippen LogP) is 9.61. The SMILES string of the molecule is c1ccc2c(c1)Oc1ccccc1C21c2ccccc2-c2c1ccc1ccc3c4ccccc4ccc3c21. The number of benzene rings is 7. The summed E-state index contributed by atoms with van der Waals surface area (Å²) in [6.07, 6.45) is 0. The molecule has 7 aromatic carbocycles. The molecule has 0 atom stereocenters. The van der Waals surface area contributed by atoms with Gasteiger partial charge < -0.3 is 4.74 Å². The van der Waals surface area contributed by atoms with E-state index in [9.17, 15) is 0 Å². The molecule has 1 aliphatic carbocycles. The summed E-state index contributed by atoms with van der Waals surface area (Å²) in [5.74, 6) is 1.86. The standard InChI is InChI=1S/C37H22O/c1-2-10-25-23(9-1)17-21-27-26(25)20-18-24-19-22-32-36(35(24)27)28-11-3-4-12-29(28)37(32)30-13-5-7-15-33(30)38-34-16-8-6-14-31(34)37/h1-22H. The third-order valence-corrected chi connectivity index (χ3v) is 8.71. The molecule has 0 saturated carbocycles. The first kappa shape index (κ1) is 20.2. The number of rotatable bonds is 0. The smallest absolute Gasteiger partial charge is 0.132 e. The van der Waals surface area contributed by atoms with Gasteiger partial charge in [-0.2, -0.15) is 0 Å². The van der Waals surface area contributed by atoms with Crippen LogP contribution in [-0.4, -0.2) is 0 Å². The van der Waals surface area contributed by atoms with Crippen LogP contribution in [0.15, 0.2) is 133 Å². The van der Waals surface area contributed by atoms with E-state index in [2.05, 4.69) is 133 Å². The van der Waals surface area contributed by atoms with Gasteiger partial charge in [-0.3, -0.25) is 0 Å². The van der Waals surface area contributed by atoms with Gasteiger partial charge in [0.1, 0.15) is 11.5 Å². The van der Waals surface area contributed by atoms with Crippen LogP contribution < -0.4 is 4.74 Å². The maximum absolute atomic E-state index is 6.50. The Kier molecular flexibility index (Phi) is 3.78. The Labute approximate surface area is 220 Å². The van der Waals surface area contributed by atoms with Gasteiger partial charge >= 0.3 is 0 Å². The highest BCUT2D eigenvalue weighted by molar-refractivity contribution is 6.22. The van der Waals surface area contributed by atoms with E-state index < -0.39 is 5.41 Å². The third-order valence-electron chi connectivity index (χ3n) is 8.71. The molecule has 1 heterocycles. The molecule has 0 amide bonds. The summed E-state index contributed by atoms with van der Waals surface area (Å²) in [5, 5.41) is 7.78. The van der Waals surface area contributed by atoms with Crippen molar-refractivity contribution in [3.8, 4) is 22.6 Å². The van der Waals surface area contributed by atoms with Crippen LogP contribution in [0.25, 0.3) is 43.4 Å². The van der Waals surface area contributed by atoms with E-state index in [0.717, 1.165) is 11.5 Å². The Balaban J connectivity index is 1.52. The van der Waals surface area contributed by atoms with Crippen molar-refractivity contribution in [2.24, 2.45) is 0 Å². The molecule has 1 nitrogen and oxygen atoms in total. The van der Waals surface area contributed by atoms with Gasteiger partial charge in [0.25, 0.3) is 0 Å². The molecular formula is C37H22O. The van der Waals surface area contributed by atoms with Crippen molar-refractivity contribution in [2.75, 3.05) is 0 Å². The fraction of sp³-hybridized carbons (Fsp3) is 0.0270. The summed E-state index contributed by atoms with van der Waals surface area (Å²) in [4.78, 5) is 0. The predicted molar refractivity (Wildman–Crippen MR) is 156 cm³/mol. The van der Waals surface area contributed by atoms with Gasteiger partial charge in [0.15, 0.2) is 0 Å². The minimum absolute atomic E-state index is 0.440. The van der Waals surface area contributed by atoms with Crippen molar-refractivity contribution < 1.29 is 4.74 Å². The molecule has 0 N–H and O–H groups in total. The van der Waals surface area contributed by atoms with Gasteiger partial charge in [0.2, 0.25) is 0 Å². The molecule has 0 radical (unpaired) electrons. The van der Waals surface area contributed by atoms with E-state index in [1.54, 1.807) is 0 Å². The van der Waals surface area contributed by atoms with Crippen molar-refractivity contribution >= 4 is 32.3 Å². The summed E-state index contributed by atoms with van der Waals surface area (Å²) in [5.41, 5.74) is 7.26. The Morgan fingerprint density at radius 1 is 0.395 bits per heavy atom. The monoisotopic (exact) mass is 482 g/mol. The Morgan fingerprint density at radius 3 is 1.82 bits per heavy atom. The van der Waals surface area contributed by atoms with Crippen molar-refractivity contribution in [3.63, 3.8) is 0 Å². The molecule has 1 spiro atoms. The fourth-order valence-electron chi connectivity index (χ4n) is 7.25. The van der Waals surface area contributed by atoms with Gasteiger partial charge in [0, 0.05) is 11.1 Å². The molecule has 176 valence electrons. The second kappa shape index (κ2) is 7.12. The first-order valence-electron chi connectivity index (χ1n) is 13.2. The lowest BCUT2D eigenvalue weighted by Crippen LogP contribution is -2.32. The molecule has 38 heavy (non-hydrogen) atoms. The number of para-hydroxylation sites is 2. The zero-order valence-electron chi connectivity index (χ0n) is 20.6. The summed E-state index contributed by atoms with van der Waals surface area (Å²) in [6.45, 7) is 0. The molecule has 7 aromatic rings. The Morgan fingerprint density at radius 2 is 1.00 bits per heavy atom. The average molecular weight is 483 g/mol. The highest BCUT2D eigenvalue weighted by Crippen LogP contribution is 2.63. The van der Waals surface area contributed by atoms with Crippen molar-refractivity contribution in [1.29, 1.82) is 0 Å². The van der Waals surface area contributed by atoms with Crippen LogP contribution in [-0.2, 0) is 5.41 Å². The highest BCUT2D eigenvalue weighted by atomic mass is 16.5. The van der Waals surface area contributed by atoms with Gasteiger partial charge in [-0.1, -0.05) is 121 Å². The zero-order chi connectivity index (χ0) is 24.8. The molecule has 0 aromatic heterocycles. The van der Waals surface area contributed by atoms with Crippen LogP contribution in [0.2, 0.25) is 0 Å². The average Bonchev–Trinajstić information content (AvgIpc) is 3.28. The van der Waals surface area contributed by atoms with E-state index in [1.165, 1.54) is 65.7 Å². The zero-order valence-corrected chi connectivity index (χ0v) is 20.6. The lowest BCUT2D eigenvalue weighted by atomic mass is 9.66. The molecule has 1 heteroatoms. The number of hydrogen-bond donors (Lipinski definition) is 0. The van der Waals surface area contributed by atoms with E-state index in [1.807, 2.05) is 0 Å². The van der Waals surface area contributed by atoms with Crippen LogP contribution >= 0.6 is 0 Å². The van der Waals surface area contributed by atoms with Crippen LogP contribution in [0.5, 0.6) is 11.5 Å². The minimum atomic E-state index is -0.440. The van der Waals surface area contributed by atoms with E-state index in [-0.39, 0.29) is 0 Å². The first-order valence-corrected chi connectivity index (χ1v) is 13.2. The highest BCUT2D eigenvalue weighted by Gasteiger charge is 2.51. The molecule has 2 aliphatic rings. The van der Waals surface area contributed by atoms with Crippen LogP contribution in [0.4, 0.5) is 0 Å². The van der Waals surface area contributed by atoms with Gasteiger partial charge in [-0.15, -0.1) is 0 Å². The summed E-state index contributed by atoms with van der Waals surface area (Å²) < 4.78 is 6.50. The summed E-state index contributed by atoms with van der Waals surface area (Å²) >= 11 is 0.